The van der Waals surface area contributed by atoms with Crippen molar-refractivity contribution in [2.24, 2.45) is 0 Å². The van der Waals surface area contributed by atoms with Gasteiger partial charge >= 0.3 is 0 Å². The second-order valence-corrected chi connectivity index (χ2v) is 8.31. The molecule has 0 saturated heterocycles. The summed E-state index contributed by atoms with van der Waals surface area (Å²) in [6, 6.07) is 16.8. The van der Waals surface area contributed by atoms with Gasteiger partial charge < -0.3 is 9.30 Å². The summed E-state index contributed by atoms with van der Waals surface area (Å²) in [5, 5.41) is 1.27. The van der Waals surface area contributed by atoms with Crippen molar-refractivity contribution < 1.29 is 4.74 Å². The number of halogens is 2. The van der Waals surface area contributed by atoms with Crippen molar-refractivity contribution in [2.45, 2.75) is 0 Å². The zero-order chi connectivity index (χ0) is 15.3. The summed E-state index contributed by atoms with van der Waals surface area (Å²) < 4.78 is 11.1. The third-order valence-electron chi connectivity index (χ3n) is 3.70. The van der Waals surface area contributed by atoms with E-state index in [-0.39, 0.29) is 0 Å². The van der Waals surface area contributed by atoms with Gasteiger partial charge in [-0.2, -0.15) is 0 Å². The predicted molar refractivity (Wildman–Crippen MR) is 101 cm³/mol. The maximum Gasteiger partial charge on any atom is 0.119 e. The Hall–Kier alpha value is -1.30. The summed E-state index contributed by atoms with van der Waals surface area (Å²) in [5.41, 5.74) is 3.55. The monoisotopic (exact) mass is 435 g/mol. The molecule has 4 aromatic rings. The number of hydrogen-bond acceptors (Lipinski definition) is 2. The van der Waals surface area contributed by atoms with E-state index in [1.807, 2.05) is 12.1 Å². The van der Waals surface area contributed by atoms with Crippen molar-refractivity contribution in [1.29, 1.82) is 0 Å². The Morgan fingerprint density at radius 1 is 0.955 bits per heavy atom. The number of hydrogen-bond donors (Lipinski definition) is 0. The van der Waals surface area contributed by atoms with Crippen LogP contribution in [0.3, 0.4) is 0 Å². The zero-order valence-corrected chi connectivity index (χ0v) is 15.6. The SMILES string of the molecule is COc1ccc(-n2c3cc(Br)ccc3c3sc(Br)cc32)cc1. The zero-order valence-electron chi connectivity index (χ0n) is 11.6. The van der Waals surface area contributed by atoms with Crippen LogP contribution >= 0.6 is 43.2 Å². The molecule has 0 bridgehead atoms. The van der Waals surface area contributed by atoms with Crippen molar-refractivity contribution in [3.8, 4) is 11.4 Å². The van der Waals surface area contributed by atoms with Crippen LogP contribution < -0.4 is 4.74 Å². The fraction of sp³-hybridized carbons (Fsp3) is 0.0588. The van der Waals surface area contributed by atoms with Gasteiger partial charge in [-0.05, 0) is 58.4 Å². The maximum atomic E-state index is 5.26. The van der Waals surface area contributed by atoms with Crippen LogP contribution in [0.15, 0.2) is 56.8 Å². The first-order chi connectivity index (χ1) is 10.7. The highest BCUT2D eigenvalue weighted by Crippen LogP contribution is 2.40. The van der Waals surface area contributed by atoms with E-state index in [1.165, 1.54) is 21.1 Å². The summed E-state index contributed by atoms with van der Waals surface area (Å²) >= 11 is 8.96. The minimum atomic E-state index is 0.865. The summed E-state index contributed by atoms with van der Waals surface area (Å²) in [4.78, 5) is 0. The van der Waals surface area contributed by atoms with E-state index in [0.29, 0.717) is 0 Å². The topological polar surface area (TPSA) is 14.2 Å². The number of fused-ring (bicyclic) bond motifs is 3. The molecule has 0 amide bonds. The standard InChI is InChI=1S/C17H11Br2NOS/c1-21-12-5-3-11(4-6-12)20-14-8-10(18)2-7-13(14)17-15(20)9-16(19)22-17/h2-9H,1H3. The van der Waals surface area contributed by atoms with E-state index in [4.69, 9.17) is 4.74 Å². The van der Waals surface area contributed by atoms with Gasteiger partial charge in [-0.15, -0.1) is 11.3 Å². The molecule has 0 aliphatic rings. The Bertz CT molecular complexity index is 985. The van der Waals surface area contributed by atoms with Crippen molar-refractivity contribution in [2.75, 3.05) is 7.11 Å². The van der Waals surface area contributed by atoms with Crippen LogP contribution in [-0.2, 0) is 0 Å². The minimum Gasteiger partial charge on any atom is -0.497 e. The van der Waals surface area contributed by atoms with Crippen LogP contribution in [0.4, 0.5) is 0 Å². The molecule has 0 radical (unpaired) electrons. The number of ether oxygens (including phenoxy) is 1. The molecule has 0 spiro atoms. The quantitative estimate of drug-likeness (QED) is 0.355. The van der Waals surface area contributed by atoms with Crippen LogP contribution in [-0.4, -0.2) is 11.7 Å². The maximum absolute atomic E-state index is 5.26. The summed E-state index contributed by atoms with van der Waals surface area (Å²) in [5.74, 6) is 0.865. The van der Waals surface area contributed by atoms with Gasteiger partial charge in [0.05, 0.1) is 26.6 Å². The third-order valence-corrected chi connectivity index (χ3v) is 5.85. The molecule has 4 rings (SSSR count). The number of methoxy groups -OCH3 is 1. The number of benzene rings is 2. The van der Waals surface area contributed by atoms with Crippen LogP contribution in [0.2, 0.25) is 0 Å². The van der Waals surface area contributed by atoms with Gasteiger partial charge in [-0.1, -0.05) is 22.0 Å². The highest BCUT2D eigenvalue weighted by Gasteiger charge is 2.15. The van der Waals surface area contributed by atoms with Gasteiger partial charge in [-0.25, -0.2) is 0 Å². The Kier molecular flexibility index (Phi) is 3.51. The lowest BCUT2D eigenvalue weighted by Gasteiger charge is -2.08. The number of rotatable bonds is 2. The van der Waals surface area contributed by atoms with Crippen molar-refractivity contribution >= 4 is 64.3 Å². The van der Waals surface area contributed by atoms with Crippen LogP contribution in [0, 0.1) is 0 Å². The largest absolute Gasteiger partial charge is 0.497 e. The Morgan fingerprint density at radius 2 is 1.73 bits per heavy atom. The molecule has 110 valence electrons. The highest BCUT2D eigenvalue weighted by atomic mass is 79.9. The molecule has 2 aromatic heterocycles. The fourth-order valence-corrected chi connectivity index (χ4v) is 4.69. The lowest BCUT2D eigenvalue weighted by molar-refractivity contribution is 0.415. The van der Waals surface area contributed by atoms with Crippen molar-refractivity contribution in [3.63, 3.8) is 0 Å². The average Bonchev–Trinajstić information content (AvgIpc) is 3.02. The molecule has 0 aliphatic carbocycles. The first-order valence-electron chi connectivity index (χ1n) is 6.71. The van der Waals surface area contributed by atoms with Crippen LogP contribution in [0.5, 0.6) is 5.75 Å². The molecule has 2 heterocycles. The highest BCUT2D eigenvalue weighted by molar-refractivity contribution is 9.11. The van der Waals surface area contributed by atoms with E-state index in [1.54, 1.807) is 18.4 Å². The summed E-state index contributed by atoms with van der Waals surface area (Å²) in [7, 11) is 1.69. The summed E-state index contributed by atoms with van der Waals surface area (Å²) in [6.07, 6.45) is 0. The van der Waals surface area contributed by atoms with Crippen LogP contribution in [0.1, 0.15) is 0 Å². The molecular weight excluding hydrogens is 426 g/mol. The molecule has 0 aliphatic heterocycles. The van der Waals surface area contributed by atoms with Gasteiger partial charge in [0.25, 0.3) is 0 Å². The van der Waals surface area contributed by atoms with E-state index in [0.717, 1.165) is 19.7 Å². The smallest absolute Gasteiger partial charge is 0.119 e. The first kappa shape index (κ1) is 14.3. The summed E-state index contributed by atoms with van der Waals surface area (Å²) in [6.45, 7) is 0. The Morgan fingerprint density at radius 3 is 2.45 bits per heavy atom. The van der Waals surface area contributed by atoms with Gasteiger partial charge in [0.15, 0.2) is 0 Å². The lowest BCUT2D eigenvalue weighted by atomic mass is 10.2. The predicted octanol–water partition coefficient (Wildman–Crippen LogP) is 6.38. The number of nitrogens with zero attached hydrogens (tertiary/aromatic N) is 1. The van der Waals surface area contributed by atoms with Crippen molar-refractivity contribution in [3.05, 3.63) is 56.8 Å². The first-order valence-corrected chi connectivity index (χ1v) is 9.11. The van der Waals surface area contributed by atoms with E-state index in [2.05, 4.69) is 72.8 Å². The molecule has 22 heavy (non-hydrogen) atoms. The molecule has 0 atom stereocenters. The Labute approximate surface area is 148 Å². The number of thiophene rings is 1. The molecule has 0 unspecified atom stereocenters. The third kappa shape index (κ3) is 2.19. The Balaban J connectivity index is 2.09. The van der Waals surface area contributed by atoms with Gasteiger partial charge in [-0.3, -0.25) is 0 Å². The average molecular weight is 437 g/mol. The molecule has 0 fully saturated rings. The normalized spacial score (nSPS) is 11.4. The molecule has 0 N–H and O–H groups in total. The fourth-order valence-electron chi connectivity index (χ4n) is 2.73. The van der Waals surface area contributed by atoms with Crippen LogP contribution in [0.25, 0.3) is 26.8 Å². The molecule has 2 nitrogen and oxygen atoms in total. The van der Waals surface area contributed by atoms with Gasteiger partial charge in [0, 0.05) is 15.5 Å². The minimum absolute atomic E-state index is 0.865. The van der Waals surface area contributed by atoms with Crippen molar-refractivity contribution in [1.82, 2.24) is 4.57 Å². The lowest BCUT2D eigenvalue weighted by Crippen LogP contribution is -1.93. The van der Waals surface area contributed by atoms with Gasteiger partial charge in [0.2, 0.25) is 0 Å². The van der Waals surface area contributed by atoms with E-state index >= 15 is 0 Å². The van der Waals surface area contributed by atoms with E-state index < -0.39 is 0 Å². The molecule has 2 aromatic carbocycles. The molecule has 5 heteroatoms. The van der Waals surface area contributed by atoms with Gasteiger partial charge in [0.1, 0.15) is 5.75 Å². The number of aromatic nitrogens is 1. The van der Waals surface area contributed by atoms with E-state index in [9.17, 15) is 0 Å². The molecule has 0 saturated carbocycles. The molecular formula is C17H11Br2NOS. The second-order valence-electron chi connectivity index (χ2n) is 4.96. The second kappa shape index (κ2) is 5.41.